The Morgan fingerprint density at radius 2 is 1.76 bits per heavy atom. The first-order chi connectivity index (χ1) is 12.1. The summed E-state index contributed by atoms with van der Waals surface area (Å²) in [6.07, 6.45) is 2.94. The molecule has 1 saturated heterocycles. The number of rotatable bonds is 6. The van der Waals surface area contributed by atoms with Gasteiger partial charge in [-0.25, -0.2) is 9.69 Å². The van der Waals surface area contributed by atoms with Gasteiger partial charge in [0.2, 0.25) is 0 Å². The third-order valence-electron chi connectivity index (χ3n) is 4.43. The highest BCUT2D eigenvalue weighted by atomic mass is 16.5. The van der Waals surface area contributed by atoms with Gasteiger partial charge in [0, 0.05) is 20.2 Å². The number of nitrogens with zero attached hydrogens (tertiary/aromatic N) is 3. The van der Waals surface area contributed by atoms with Gasteiger partial charge in [-0.1, -0.05) is 36.4 Å². The van der Waals surface area contributed by atoms with Crippen LogP contribution in [0.25, 0.3) is 5.57 Å². The fourth-order valence-corrected chi connectivity index (χ4v) is 3.01. The molecule has 0 aromatic heterocycles. The molecule has 0 unspecified atom stereocenters. The molecule has 0 bridgehead atoms. The van der Waals surface area contributed by atoms with Gasteiger partial charge in [0.15, 0.2) is 0 Å². The molecule has 0 spiro atoms. The van der Waals surface area contributed by atoms with E-state index in [1.165, 1.54) is 18.2 Å². The van der Waals surface area contributed by atoms with Crippen LogP contribution in [-0.4, -0.2) is 72.6 Å². The van der Waals surface area contributed by atoms with Crippen LogP contribution in [0.3, 0.4) is 0 Å². The molecule has 0 radical (unpaired) electrons. The van der Waals surface area contributed by atoms with E-state index < -0.39 is 17.8 Å². The van der Waals surface area contributed by atoms with E-state index in [1.807, 2.05) is 23.1 Å². The molecule has 0 atom stereocenters. The van der Waals surface area contributed by atoms with Crippen LogP contribution in [-0.2, 0) is 14.3 Å². The second-order valence-electron chi connectivity index (χ2n) is 6.03. The average molecular weight is 343 g/mol. The molecule has 0 aliphatic carbocycles. The van der Waals surface area contributed by atoms with Crippen LogP contribution < -0.4 is 0 Å². The standard InChI is InChI=1S/C18H21N3O4/c1-25-12-11-20-16(22)17(23)21(18(20)24)13-19-9-7-15(8-10-19)14-5-3-2-4-6-14/h2-7H,8-13H2,1H3. The molecule has 1 aromatic rings. The smallest absolute Gasteiger partial charge is 0.335 e. The first kappa shape index (κ1) is 17.3. The Balaban J connectivity index is 1.62. The number of hydrogen-bond donors (Lipinski definition) is 0. The second-order valence-corrected chi connectivity index (χ2v) is 6.03. The lowest BCUT2D eigenvalue weighted by Crippen LogP contribution is -2.44. The molecule has 3 rings (SSSR count). The highest BCUT2D eigenvalue weighted by Gasteiger charge is 2.44. The van der Waals surface area contributed by atoms with Crippen molar-refractivity contribution >= 4 is 23.4 Å². The summed E-state index contributed by atoms with van der Waals surface area (Å²) in [5.41, 5.74) is 2.45. The van der Waals surface area contributed by atoms with Crippen molar-refractivity contribution in [3.63, 3.8) is 0 Å². The molecular weight excluding hydrogens is 322 g/mol. The quantitative estimate of drug-likeness (QED) is 0.573. The number of carbonyl (C=O) groups excluding carboxylic acids is 3. The van der Waals surface area contributed by atoms with E-state index in [9.17, 15) is 14.4 Å². The Morgan fingerprint density at radius 3 is 2.40 bits per heavy atom. The molecule has 2 heterocycles. The lowest BCUT2D eigenvalue weighted by atomic mass is 10.00. The monoisotopic (exact) mass is 343 g/mol. The molecule has 132 valence electrons. The van der Waals surface area contributed by atoms with Gasteiger partial charge in [-0.05, 0) is 17.6 Å². The van der Waals surface area contributed by atoms with Crippen LogP contribution in [0.15, 0.2) is 36.4 Å². The molecule has 7 nitrogen and oxygen atoms in total. The number of urea groups is 1. The Bertz CT molecular complexity index is 702. The third kappa shape index (κ3) is 3.62. The maximum absolute atomic E-state index is 12.3. The van der Waals surface area contributed by atoms with Crippen molar-refractivity contribution in [3.8, 4) is 0 Å². The maximum Gasteiger partial charge on any atom is 0.335 e. The number of ether oxygens (including phenoxy) is 1. The number of carbonyl (C=O) groups is 3. The van der Waals surface area contributed by atoms with Crippen LogP contribution >= 0.6 is 0 Å². The van der Waals surface area contributed by atoms with Gasteiger partial charge in [0.25, 0.3) is 0 Å². The van der Waals surface area contributed by atoms with Crippen molar-refractivity contribution in [1.29, 1.82) is 0 Å². The highest BCUT2D eigenvalue weighted by Crippen LogP contribution is 2.22. The molecule has 25 heavy (non-hydrogen) atoms. The highest BCUT2D eigenvalue weighted by molar-refractivity contribution is 6.44. The Hall–Kier alpha value is -2.51. The van der Waals surface area contributed by atoms with E-state index in [4.69, 9.17) is 4.74 Å². The predicted octanol–water partition coefficient (Wildman–Crippen LogP) is 1.17. The zero-order chi connectivity index (χ0) is 17.8. The van der Waals surface area contributed by atoms with E-state index >= 15 is 0 Å². The number of methoxy groups -OCH3 is 1. The van der Waals surface area contributed by atoms with Gasteiger partial charge >= 0.3 is 17.8 Å². The summed E-state index contributed by atoms with van der Waals surface area (Å²) < 4.78 is 4.88. The third-order valence-corrected chi connectivity index (χ3v) is 4.43. The lowest BCUT2D eigenvalue weighted by Gasteiger charge is -2.29. The normalized spacial score (nSPS) is 18.9. The van der Waals surface area contributed by atoms with Crippen molar-refractivity contribution in [2.45, 2.75) is 6.42 Å². The van der Waals surface area contributed by atoms with Gasteiger partial charge in [0.1, 0.15) is 0 Å². The van der Waals surface area contributed by atoms with Gasteiger partial charge < -0.3 is 4.74 Å². The summed E-state index contributed by atoms with van der Waals surface area (Å²) in [5.74, 6) is -1.54. The molecule has 2 aliphatic heterocycles. The van der Waals surface area contributed by atoms with Gasteiger partial charge in [0.05, 0.1) is 19.8 Å². The number of hydrogen-bond acceptors (Lipinski definition) is 5. The molecule has 4 amide bonds. The van der Waals surface area contributed by atoms with Crippen LogP contribution in [0, 0.1) is 0 Å². The van der Waals surface area contributed by atoms with Crippen molar-refractivity contribution in [1.82, 2.24) is 14.7 Å². The fraction of sp³-hybridized carbons (Fsp3) is 0.389. The molecule has 7 heteroatoms. The zero-order valence-corrected chi connectivity index (χ0v) is 14.2. The first-order valence-electron chi connectivity index (χ1n) is 8.25. The minimum Gasteiger partial charge on any atom is -0.383 e. The summed E-state index contributed by atoms with van der Waals surface area (Å²) in [7, 11) is 1.48. The van der Waals surface area contributed by atoms with E-state index in [0.29, 0.717) is 6.54 Å². The van der Waals surface area contributed by atoms with Gasteiger partial charge in [-0.2, -0.15) is 0 Å². The van der Waals surface area contributed by atoms with E-state index in [2.05, 4.69) is 18.2 Å². The summed E-state index contributed by atoms with van der Waals surface area (Å²) in [4.78, 5) is 40.3. The molecule has 0 N–H and O–H groups in total. The minimum atomic E-state index is -0.778. The minimum absolute atomic E-state index is 0.0917. The molecule has 0 saturated carbocycles. The van der Waals surface area contributed by atoms with E-state index in [1.54, 1.807) is 0 Å². The van der Waals surface area contributed by atoms with Crippen LogP contribution in [0.4, 0.5) is 4.79 Å². The largest absolute Gasteiger partial charge is 0.383 e. The van der Waals surface area contributed by atoms with Gasteiger partial charge in [-0.3, -0.25) is 19.4 Å². The fourth-order valence-electron chi connectivity index (χ4n) is 3.01. The lowest BCUT2D eigenvalue weighted by molar-refractivity contribution is -0.144. The van der Waals surface area contributed by atoms with Gasteiger partial charge in [-0.15, -0.1) is 0 Å². The van der Waals surface area contributed by atoms with Crippen LogP contribution in [0.2, 0.25) is 0 Å². The predicted molar refractivity (Wildman–Crippen MR) is 91.3 cm³/mol. The van der Waals surface area contributed by atoms with Crippen molar-refractivity contribution in [2.75, 3.05) is 40.0 Å². The maximum atomic E-state index is 12.3. The SMILES string of the molecule is COCCN1C(=O)C(=O)N(CN2CC=C(c3ccccc3)CC2)C1=O. The average Bonchev–Trinajstić information content (AvgIpc) is 2.85. The zero-order valence-electron chi connectivity index (χ0n) is 14.2. The molecule has 1 aromatic carbocycles. The summed E-state index contributed by atoms with van der Waals surface area (Å²) in [6.45, 7) is 1.79. The number of amides is 4. The van der Waals surface area contributed by atoms with E-state index in [0.717, 1.165) is 22.8 Å². The Labute approximate surface area is 146 Å². The second kappa shape index (κ2) is 7.58. The van der Waals surface area contributed by atoms with Crippen molar-refractivity contribution in [3.05, 3.63) is 42.0 Å². The molecule has 1 fully saturated rings. The molecule has 2 aliphatic rings. The van der Waals surface area contributed by atoms with Crippen molar-refractivity contribution < 1.29 is 19.1 Å². The van der Waals surface area contributed by atoms with Crippen LogP contribution in [0.1, 0.15) is 12.0 Å². The summed E-state index contributed by atoms with van der Waals surface area (Å²) in [6, 6.07) is 9.57. The summed E-state index contributed by atoms with van der Waals surface area (Å²) in [5, 5.41) is 0. The first-order valence-corrected chi connectivity index (χ1v) is 8.25. The topological polar surface area (TPSA) is 70.2 Å². The van der Waals surface area contributed by atoms with Crippen molar-refractivity contribution in [2.24, 2.45) is 0 Å². The Morgan fingerprint density at radius 1 is 1.04 bits per heavy atom. The number of imide groups is 2. The summed E-state index contributed by atoms with van der Waals surface area (Å²) >= 11 is 0. The van der Waals surface area contributed by atoms with E-state index in [-0.39, 0.29) is 19.8 Å². The van der Waals surface area contributed by atoms with Crippen LogP contribution in [0.5, 0.6) is 0 Å². The molecular formula is C18H21N3O4. The Kier molecular flexibility index (Phi) is 5.25. The number of benzene rings is 1.